The number of nitrogens with one attached hydrogen (secondary N) is 1. The number of piperidine rings is 1. The summed E-state index contributed by atoms with van der Waals surface area (Å²) in [5, 5.41) is 3.40. The van der Waals surface area contributed by atoms with Gasteiger partial charge in [0, 0.05) is 24.9 Å². The third kappa shape index (κ3) is 3.50. The zero-order chi connectivity index (χ0) is 14.7. The van der Waals surface area contributed by atoms with Crippen molar-refractivity contribution in [3.63, 3.8) is 0 Å². The smallest absolute Gasteiger partial charge is 0.123 e. The number of halogens is 1. The fourth-order valence-corrected chi connectivity index (χ4v) is 3.01. The fourth-order valence-electron chi connectivity index (χ4n) is 3.01. The number of imidazole rings is 1. The monoisotopic (exact) mass is 287 g/mol. The Bertz CT molecular complexity index is 583. The Morgan fingerprint density at radius 2 is 1.95 bits per heavy atom. The predicted octanol–water partition coefficient (Wildman–Crippen LogP) is 2.92. The van der Waals surface area contributed by atoms with Crippen molar-refractivity contribution in [1.29, 1.82) is 0 Å². The summed E-state index contributed by atoms with van der Waals surface area (Å²) < 4.78 is 15.3. The third-order valence-electron chi connectivity index (χ3n) is 4.32. The number of hydrogen-bond acceptors (Lipinski definition) is 2. The van der Waals surface area contributed by atoms with Crippen molar-refractivity contribution in [2.75, 3.05) is 13.1 Å². The molecule has 0 aliphatic carbocycles. The molecule has 0 atom stereocenters. The predicted molar refractivity (Wildman–Crippen MR) is 81.8 cm³/mol. The number of rotatable bonds is 4. The molecule has 0 amide bonds. The van der Waals surface area contributed by atoms with Crippen molar-refractivity contribution in [3.05, 3.63) is 53.4 Å². The molecule has 4 heteroatoms. The molecule has 0 saturated carbocycles. The SMILES string of the molecule is Cc1cnc(CC2CCNCC2)n1Cc1ccc(F)cc1. The molecule has 112 valence electrons. The molecule has 1 aliphatic heterocycles. The van der Waals surface area contributed by atoms with E-state index >= 15 is 0 Å². The van der Waals surface area contributed by atoms with Crippen LogP contribution < -0.4 is 5.32 Å². The molecule has 1 aromatic carbocycles. The highest BCUT2D eigenvalue weighted by molar-refractivity contribution is 5.18. The number of aryl methyl sites for hydroxylation is 1. The molecular weight excluding hydrogens is 265 g/mol. The van der Waals surface area contributed by atoms with Gasteiger partial charge in [-0.3, -0.25) is 0 Å². The van der Waals surface area contributed by atoms with Crippen molar-refractivity contribution in [2.24, 2.45) is 5.92 Å². The molecule has 3 rings (SSSR count). The highest BCUT2D eigenvalue weighted by atomic mass is 19.1. The lowest BCUT2D eigenvalue weighted by molar-refractivity contribution is 0.363. The van der Waals surface area contributed by atoms with Crippen LogP contribution >= 0.6 is 0 Å². The van der Waals surface area contributed by atoms with Gasteiger partial charge in [-0.2, -0.15) is 0 Å². The molecule has 0 radical (unpaired) electrons. The first-order valence-corrected chi connectivity index (χ1v) is 7.68. The average molecular weight is 287 g/mol. The molecule has 2 aromatic rings. The minimum Gasteiger partial charge on any atom is -0.328 e. The van der Waals surface area contributed by atoms with Gasteiger partial charge in [-0.25, -0.2) is 9.37 Å². The van der Waals surface area contributed by atoms with E-state index in [1.165, 1.54) is 30.7 Å². The summed E-state index contributed by atoms with van der Waals surface area (Å²) in [6.45, 7) is 5.08. The van der Waals surface area contributed by atoms with Crippen LogP contribution in [0.15, 0.2) is 30.5 Å². The molecule has 0 spiro atoms. The van der Waals surface area contributed by atoms with Gasteiger partial charge < -0.3 is 9.88 Å². The maximum Gasteiger partial charge on any atom is 0.123 e. The van der Waals surface area contributed by atoms with Gasteiger partial charge in [0.05, 0.1) is 0 Å². The van der Waals surface area contributed by atoms with Crippen LogP contribution in [-0.4, -0.2) is 22.6 Å². The second-order valence-corrected chi connectivity index (χ2v) is 5.93. The largest absolute Gasteiger partial charge is 0.328 e. The van der Waals surface area contributed by atoms with Gasteiger partial charge in [-0.1, -0.05) is 12.1 Å². The molecule has 1 aromatic heterocycles. The lowest BCUT2D eigenvalue weighted by Crippen LogP contribution is -2.29. The van der Waals surface area contributed by atoms with Crippen LogP contribution in [0.2, 0.25) is 0 Å². The molecule has 1 aliphatic rings. The van der Waals surface area contributed by atoms with Crippen molar-refractivity contribution < 1.29 is 4.39 Å². The van der Waals surface area contributed by atoms with Gasteiger partial charge >= 0.3 is 0 Å². The highest BCUT2D eigenvalue weighted by Crippen LogP contribution is 2.19. The van der Waals surface area contributed by atoms with E-state index in [4.69, 9.17) is 0 Å². The Balaban J connectivity index is 1.74. The second-order valence-electron chi connectivity index (χ2n) is 5.93. The van der Waals surface area contributed by atoms with E-state index in [9.17, 15) is 4.39 Å². The van der Waals surface area contributed by atoms with E-state index in [2.05, 4.69) is 21.8 Å². The molecule has 3 nitrogen and oxygen atoms in total. The summed E-state index contributed by atoms with van der Waals surface area (Å²) in [7, 11) is 0. The summed E-state index contributed by atoms with van der Waals surface area (Å²) in [6, 6.07) is 6.74. The molecule has 0 unspecified atom stereocenters. The summed E-state index contributed by atoms with van der Waals surface area (Å²) in [5.74, 6) is 1.69. The number of aromatic nitrogens is 2. The fraction of sp³-hybridized carbons (Fsp3) is 0.471. The molecule has 1 fully saturated rings. The van der Waals surface area contributed by atoms with Gasteiger partial charge in [0.15, 0.2) is 0 Å². The maximum atomic E-state index is 13.0. The topological polar surface area (TPSA) is 29.9 Å². The highest BCUT2D eigenvalue weighted by Gasteiger charge is 2.17. The second kappa shape index (κ2) is 6.39. The zero-order valence-corrected chi connectivity index (χ0v) is 12.5. The Morgan fingerprint density at radius 3 is 2.67 bits per heavy atom. The molecule has 0 bridgehead atoms. The van der Waals surface area contributed by atoms with Crippen molar-refractivity contribution in [2.45, 2.75) is 32.7 Å². The van der Waals surface area contributed by atoms with Crippen LogP contribution in [0.25, 0.3) is 0 Å². The van der Waals surface area contributed by atoms with Gasteiger partial charge in [-0.15, -0.1) is 0 Å². The van der Waals surface area contributed by atoms with Gasteiger partial charge in [0.1, 0.15) is 11.6 Å². The number of nitrogens with zero attached hydrogens (tertiary/aromatic N) is 2. The summed E-state index contributed by atoms with van der Waals surface area (Å²) >= 11 is 0. The minimum atomic E-state index is -0.184. The molecule has 21 heavy (non-hydrogen) atoms. The van der Waals surface area contributed by atoms with Crippen LogP contribution in [0.5, 0.6) is 0 Å². The first kappa shape index (κ1) is 14.3. The molecule has 1 saturated heterocycles. The van der Waals surface area contributed by atoms with Crippen LogP contribution in [0.1, 0.15) is 29.9 Å². The Kier molecular flexibility index (Phi) is 4.34. The van der Waals surface area contributed by atoms with E-state index in [0.29, 0.717) is 0 Å². The van der Waals surface area contributed by atoms with Crippen LogP contribution in [0.3, 0.4) is 0 Å². The molecular formula is C17H22FN3. The minimum absolute atomic E-state index is 0.184. The summed E-state index contributed by atoms with van der Waals surface area (Å²) in [4.78, 5) is 4.59. The van der Waals surface area contributed by atoms with Gasteiger partial charge in [0.25, 0.3) is 0 Å². The van der Waals surface area contributed by atoms with Gasteiger partial charge in [0.2, 0.25) is 0 Å². The maximum absolute atomic E-state index is 13.0. The summed E-state index contributed by atoms with van der Waals surface area (Å²) in [5.41, 5.74) is 2.28. The van der Waals surface area contributed by atoms with Crippen LogP contribution in [-0.2, 0) is 13.0 Å². The Morgan fingerprint density at radius 1 is 1.24 bits per heavy atom. The third-order valence-corrected chi connectivity index (χ3v) is 4.32. The Labute approximate surface area is 125 Å². The summed E-state index contributed by atoms with van der Waals surface area (Å²) in [6.07, 6.45) is 5.43. The van der Waals surface area contributed by atoms with E-state index < -0.39 is 0 Å². The zero-order valence-electron chi connectivity index (χ0n) is 12.5. The number of hydrogen-bond donors (Lipinski definition) is 1. The van der Waals surface area contributed by atoms with E-state index in [0.717, 1.165) is 43.4 Å². The molecule has 2 heterocycles. The van der Waals surface area contributed by atoms with E-state index in [-0.39, 0.29) is 5.82 Å². The molecule has 1 N–H and O–H groups in total. The standard InChI is InChI=1S/C17H22FN3/c1-13-11-20-17(10-14-6-8-19-9-7-14)21(13)12-15-2-4-16(18)5-3-15/h2-5,11,14,19H,6-10,12H2,1H3. The average Bonchev–Trinajstić information content (AvgIpc) is 2.84. The lowest BCUT2D eigenvalue weighted by atomic mass is 9.94. The van der Waals surface area contributed by atoms with Crippen molar-refractivity contribution in [1.82, 2.24) is 14.9 Å². The van der Waals surface area contributed by atoms with Crippen LogP contribution in [0, 0.1) is 18.7 Å². The van der Waals surface area contributed by atoms with Crippen LogP contribution in [0.4, 0.5) is 4.39 Å². The van der Waals surface area contributed by atoms with E-state index in [1.54, 1.807) is 0 Å². The first-order chi connectivity index (χ1) is 10.2. The van der Waals surface area contributed by atoms with Crippen molar-refractivity contribution in [3.8, 4) is 0 Å². The van der Waals surface area contributed by atoms with E-state index in [1.807, 2.05) is 18.3 Å². The quantitative estimate of drug-likeness (QED) is 0.937. The normalized spacial score (nSPS) is 16.3. The van der Waals surface area contributed by atoms with Gasteiger partial charge in [-0.05, 0) is 56.5 Å². The first-order valence-electron chi connectivity index (χ1n) is 7.68. The lowest BCUT2D eigenvalue weighted by Gasteiger charge is -2.22. The number of benzene rings is 1. The van der Waals surface area contributed by atoms with Crippen molar-refractivity contribution >= 4 is 0 Å². The Hall–Kier alpha value is -1.68.